The van der Waals surface area contributed by atoms with Crippen LogP contribution in [-0.4, -0.2) is 80.3 Å². The molecule has 1 saturated heterocycles. The molecule has 188 valence electrons. The van der Waals surface area contributed by atoms with E-state index in [4.69, 9.17) is 14.2 Å². The Labute approximate surface area is 207 Å². The zero-order chi connectivity index (χ0) is 23.1. The van der Waals surface area contributed by atoms with Crippen molar-refractivity contribution in [1.82, 2.24) is 9.80 Å². The number of piperazine rings is 1. The number of carbonyl (C=O) groups is 1. The summed E-state index contributed by atoms with van der Waals surface area (Å²) in [5, 5.41) is 10.9. The molecular formula is C25H35ClN2O6. The zero-order valence-electron chi connectivity index (χ0n) is 20.1. The zero-order valence-corrected chi connectivity index (χ0v) is 20.9. The van der Waals surface area contributed by atoms with Crippen molar-refractivity contribution < 1.29 is 29.6 Å². The molecule has 3 rings (SSSR count). The summed E-state index contributed by atoms with van der Waals surface area (Å²) in [6, 6.07) is 13.3. The van der Waals surface area contributed by atoms with Gasteiger partial charge in [-0.1, -0.05) is 30.3 Å². The molecule has 1 aliphatic heterocycles. The summed E-state index contributed by atoms with van der Waals surface area (Å²) in [4.78, 5) is 16.7. The monoisotopic (exact) mass is 494 g/mol. The van der Waals surface area contributed by atoms with Crippen molar-refractivity contribution in [1.29, 1.82) is 0 Å². The second-order valence-corrected chi connectivity index (χ2v) is 8.03. The molecular weight excluding hydrogens is 460 g/mol. The minimum absolute atomic E-state index is 0. The normalized spacial score (nSPS) is 15.6. The Bertz CT molecular complexity index is 919. The molecule has 1 heterocycles. The van der Waals surface area contributed by atoms with E-state index in [1.54, 1.807) is 45.6 Å². The van der Waals surface area contributed by atoms with Gasteiger partial charge in [-0.05, 0) is 36.3 Å². The lowest BCUT2D eigenvalue weighted by Gasteiger charge is -2.38. The first kappa shape index (κ1) is 29.3. The van der Waals surface area contributed by atoms with Crippen LogP contribution >= 0.6 is 12.4 Å². The van der Waals surface area contributed by atoms with Crippen molar-refractivity contribution in [2.24, 2.45) is 0 Å². The van der Waals surface area contributed by atoms with Gasteiger partial charge in [-0.2, -0.15) is 0 Å². The summed E-state index contributed by atoms with van der Waals surface area (Å²) < 4.78 is 16.1. The Morgan fingerprint density at radius 2 is 1.56 bits per heavy atom. The summed E-state index contributed by atoms with van der Waals surface area (Å²) in [6.45, 7) is 5.02. The van der Waals surface area contributed by atoms with Crippen LogP contribution in [0.3, 0.4) is 0 Å². The number of β-amino-alcohol motifs (C(OH)–C–C–N with tert-alkyl or cyclic N) is 1. The van der Waals surface area contributed by atoms with Gasteiger partial charge >= 0.3 is 0 Å². The number of halogens is 1. The first-order valence-electron chi connectivity index (χ1n) is 10.6. The molecule has 2 aromatic carbocycles. The number of ether oxygens (including phenoxy) is 3. The van der Waals surface area contributed by atoms with Crippen molar-refractivity contribution in [3.05, 3.63) is 59.7 Å². The highest BCUT2D eigenvalue weighted by molar-refractivity contribution is 5.92. The minimum atomic E-state index is -0.931. The molecule has 0 saturated carbocycles. The minimum Gasteiger partial charge on any atom is -0.493 e. The van der Waals surface area contributed by atoms with Crippen LogP contribution in [0.2, 0.25) is 0 Å². The quantitative estimate of drug-likeness (QED) is 0.565. The predicted molar refractivity (Wildman–Crippen MR) is 135 cm³/mol. The third kappa shape index (κ3) is 7.11. The van der Waals surface area contributed by atoms with Crippen LogP contribution in [0.25, 0.3) is 6.08 Å². The summed E-state index contributed by atoms with van der Waals surface area (Å²) in [6.07, 6.45) is 3.32. The Balaban J connectivity index is 0.00000289. The number of benzene rings is 2. The molecule has 1 atom stereocenters. The first-order chi connectivity index (χ1) is 15.4. The Kier molecular flexibility index (Phi) is 11.4. The van der Waals surface area contributed by atoms with Gasteiger partial charge in [0.2, 0.25) is 11.7 Å². The number of rotatable bonds is 8. The molecule has 0 radical (unpaired) electrons. The number of aliphatic hydroxyl groups is 1. The molecule has 3 N–H and O–H groups in total. The second-order valence-electron chi connectivity index (χ2n) is 8.03. The van der Waals surface area contributed by atoms with Crippen LogP contribution in [0.1, 0.15) is 18.1 Å². The van der Waals surface area contributed by atoms with E-state index in [0.717, 1.165) is 11.1 Å². The third-order valence-electron chi connectivity index (χ3n) is 5.72. The van der Waals surface area contributed by atoms with Gasteiger partial charge in [0.15, 0.2) is 11.5 Å². The molecule has 0 bridgehead atoms. The van der Waals surface area contributed by atoms with Crippen molar-refractivity contribution >= 4 is 24.4 Å². The molecule has 0 aromatic heterocycles. The van der Waals surface area contributed by atoms with E-state index in [9.17, 15) is 9.90 Å². The van der Waals surface area contributed by atoms with Gasteiger partial charge in [0, 0.05) is 38.8 Å². The van der Waals surface area contributed by atoms with E-state index >= 15 is 0 Å². The standard InChI is InChI=1S/C25H32N2O5.ClH.H2O/c1-25(29,20-8-6-5-7-9-20)18-26-12-14-27(15-13-26)23(28)11-10-19-16-21(30-2)24(32-4)22(17-19)31-3;;/h5-11,16-17,29H,12-15,18H2,1-4H3;1H;1H2/b11-10+;;. The number of hydrogen-bond acceptors (Lipinski definition) is 6. The van der Waals surface area contributed by atoms with Crippen LogP contribution in [0.5, 0.6) is 17.2 Å². The van der Waals surface area contributed by atoms with Gasteiger partial charge in [0.05, 0.1) is 26.9 Å². The van der Waals surface area contributed by atoms with Crippen molar-refractivity contribution in [2.75, 3.05) is 54.1 Å². The average molecular weight is 495 g/mol. The number of amides is 1. The van der Waals surface area contributed by atoms with Gasteiger partial charge in [0.1, 0.15) is 0 Å². The molecule has 9 heteroatoms. The molecule has 1 amide bonds. The maximum absolute atomic E-state index is 12.7. The maximum atomic E-state index is 12.7. The number of carbonyl (C=O) groups excluding carboxylic acids is 1. The van der Waals surface area contributed by atoms with Crippen molar-refractivity contribution in [2.45, 2.75) is 12.5 Å². The van der Waals surface area contributed by atoms with E-state index in [1.165, 1.54) is 0 Å². The topological polar surface area (TPSA) is 103 Å². The molecule has 34 heavy (non-hydrogen) atoms. The van der Waals surface area contributed by atoms with E-state index in [2.05, 4.69) is 4.90 Å². The SMILES string of the molecule is COc1cc(/C=C/C(=O)N2CCN(CC(C)(O)c3ccccc3)CC2)cc(OC)c1OC.Cl.O. The molecule has 0 spiro atoms. The summed E-state index contributed by atoms with van der Waals surface area (Å²) >= 11 is 0. The Hall–Kier alpha value is -2.78. The fourth-order valence-corrected chi connectivity index (χ4v) is 3.92. The van der Waals surface area contributed by atoms with Crippen LogP contribution in [0.15, 0.2) is 48.5 Å². The van der Waals surface area contributed by atoms with E-state index in [-0.39, 0.29) is 23.8 Å². The molecule has 1 unspecified atom stereocenters. The highest BCUT2D eigenvalue weighted by atomic mass is 35.5. The lowest BCUT2D eigenvalue weighted by atomic mass is 9.95. The summed E-state index contributed by atoms with van der Waals surface area (Å²) in [5.41, 5.74) is 0.747. The Morgan fingerprint density at radius 1 is 1.00 bits per heavy atom. The van der Waals surface area contributed by atoms with Crippen LogP contribution in [-0.2, 0) is 10.4 Å². The van der Waals surface area contributed by atoms with Crippen LogP contribution in [0, 0.1) is 0 Å². The molecule has 8 nitrogen and oxygen atoms in total. The summed E-state index contributed by atoms with van der Waals surface area (Å²) in [7, 11) is 4.67. The van der Waals surface area contributed by atoms with E-state index in [0.29, 0.717) is 50.0 Å². The molecule has 0 aliphatic carbocycles. The number of nitrogens with zero attached hydrogens (tertiary/aromatic N) is 2. The third-order valence-corrected chi connectivity index (χ3v) is 5.72. The van der Waals surface area contributed by atoms with Gasteiger partial charge in [0.25, 0.3) is 0 Å². The lowest BCUT2D eigenvalue weighted by molar-refractivity contribution is -0.128. The predicted octanol–water partition coefficient (Wildman–Crippen LogP) is 2.37. The van der Waals surface area contributed by atoms with Gasteiger partial charge in [-0.3, -0.25) is 9.69 Å². The van der Waals surface area contributed by atoms with Crippen molar-refractivity contribution in [3.8, 4) is 17.2 Å². The van der Waals surface area contributed by atoms with Crippen LogP contribution < -0.4 is 14.2 Å². The van der Waals surface area contributed by atoms with Crippen molar-refractivity contribution in [3.63, 3.8) is 0 Å². The van der Waals surface area contributed by atoms with Gasteiger partial charge in [-0.15, -0.1) is 12.4 Å². The smallest absolute Gasteiger partial charge is 0.246 e. The van der Waals surface area contributed by atoms with Crippen LogP contribution in [0.4, 0.5) is 0 Å². The highest BCUT2D eigenvalue weighted by Crippen LogP contribution is 2.38. The maximum Gasteiger partial charge on any atom is 0.246 e. The van der Waals surface area contributed by atoms with Gasteiger partial charge < -0.3 is 29.7 Å². The number of methoxy groups -OCH3 is 3. The number of hydrogen-bond donors (Lipinski definition) is 1. The van der Waals surface area contributed by atoms with E-state index in [1.807, 2.05) is 42.2 Å². The molecule has 1 fully saturated rings. The van der Waals surface area contributed by atoms with Gasteiger partial charge in [-0.25, -0.2) is 0 Å². The largest absolute Gasteiger partial charge is 0.493 e. The molecule has 1 aliphatic rings. The summed E-state index contributed by atoms with van der Waals surface area (Å²) in [5.74, 6) is 1.55. The highest BCUT2D eigenvalue weighted by Gasteiger charge is 2.28. The second kappa shape index (κ2) is 13.2. The first-order valence-corrected chi connectivity index (χ1v) is 10.6. The fraction of sp³-hybridized carbons (Fsp3) is 0.400. The fourth-order valence-electron chi connectivity index (χ4n) is 3.92. The molecule has 2 aromatic rings. The lowest BCUT2D eigenvalue weighted by Crippen LogP contribution is -2.51. The average Bonchev–Trinajstić information content (AvgIpc) is 2.82. The van der Waals surface area contributed by atoms with E-state index < -0.39 is 5.60 Å². The Morgan fingerprint density at radius 3 is 2.06 bits per heavy atom.